The first-order valence-corrected chi connectivity index (χ1v) is 6.73. The van der Waals surface area contributed by atoms with Crippen LogP contribution in [-0.2, 0) is 17.0 Å². The molecule has 5 nitrogen and oxygen atoms in total. The zero-order valence-electron chi connectivity index (χ0n) is 10.3. The molecule has 1 aromatic rings. The summed E-state index contributed by atoms with van der Waals surface area (Å²) >= 11 is 1.32. The normalized spacial score (nSPS) is 12.9. The number of hydrogen-bond acceptors (Lipinski definition) is 5. The molecule has 96 valence electrons. The van der Waals surface area contributed by atoms with Crippen molar-refractivity contribution in [3.05, 3.63) is 11.7 Å². The number of nitrogens with zero attached hydrogens (tertiary/aromatic N) is 2. The summed E-state index contributed by atoms with van der Waals surface area (Å²) in [7, 11) is 0. The average Bonchev–Trinajstić information content (AvgIpc) is 2.65. The lowest BCUT2D eigenvalue weighted by atomic mass is 10.1. The Morgan fingerprint density at radius 3 is 2.76 bits per heavy atom. The molecule has 1 rings (SSSR count). The van der Waals surface area contributed by atoms with Gasteiger partial charge < -0.3 is 9.63 Å². The summed E-state index contributed by atoms with van der Waals surface area (Å²) in [6, 6.07) is 0. The van der Waals surface area contributed by atoms with Crippen LogP contribution in [0, 0.1) is 5.92 Å². The number of carbonyl (C=O) groups is 1. The van der Waals surface area contributed by atoms with Crippen LogP contribution in [0.5, 0.6) is 0 Å². The second-order valence-corrected chi connectivity index (χ2v) is 5.44. The van der Waals surface area contributed by atoms with Crippen LogP contribution in [0.2, 0.25) is 0 Å². The third-order valence-electron chi connectivity index (χ3n) is 2.16. The molecule has 0 amide bonds. The summed E-state index contributed by atoms with van der Waals surface area (Å²) in [4.78, 5) is 15.0. The summed E-state index contributed by atoms with van der Waals surface area (Å²) in [5.41, 5.74) is 0. The predicted octanol–water partition coefficient (Wildman–Crippen LogP) is 2.36. The summed E-state index contributed by atoms with van der Waals surface area (Å²) in [6.45, 7) is 6.02. The third-order valence-corrected chi connectivity index (χ3v) is 3.51. The van der Waals surface area contributed by atoms with Crippen LogP contribution in [0.15, 0.2) is 4.52 Å². The molecule has 0 bridgehead atoms. The van der Waals surface area contributed by atoms with Gasteiger partial charge in [0.25, 0.3) is 0 Å². The van der Waals surface area contributed by atoms with Crippen molar-refractivity contribution in [1.29, 1.82) is 0 Å². The maximum Gasteiger partial charge on any atom is 0.316 e. The Bertz CT molecular complexity index is 365. The third kappa shape index (κ3) is 4.77. The van der Waals surface area contributed by atoms with E-state index in [1.165, 1.54) is 11.8 Å². The number of carboxylic acid groups (broad SMARTS) is 1. The van der Waals surface area contributed by atoms with Crippen molar-refractivity contribution in [1.82, 2.24) is 10.1 Å². The first kappa shape index (κ1) is 14.0. The van der Waals surface area contributed by atoms with E-state index >= 15 is 0 Å². The molecule has 1 unspecified atom stereocenters. The molecule has 1 heterocycles. The first-order valence-electron chi connectivity index (χ1n) is 5.68. The highest BCUT2D eigenvalue weighted by Gasteiger charge is 2.17. The molecule has 0 aliphatic rings. The number of aromatic nitrogens is 2. The summed E-state index contributed by atoms with van der Waals surface area (Å²) < 4.78 is 5.07. The minimum absolute atomic E-state index is 0.407. The van der Waals surface area contributed by atoms with Gasteiger partial charge in [0.15, 0.2) is 5.82 Å². The van der Waals surface area contributed by atoms with Gasteiger partial charge in [0.1, 0.15) is 5.25 Å². The molecule has 6 heteroatoms. The van der Waals surface area contributed by atoms with Gasteiger partial charge in [-0.25, -0.2) is 0 Å². The van der Waals surface area contributed by atoms with Gasteiger partial charge in [-0.2, -0.15) is 4.98 Å². The highest BCUT2D eigenvalue weighted by atomic mass is 32.2. The van der Waals surface area contributed by atoms with Gasteiger partial charge in [-0.05, 0) is 12.3 Å². The molecule has 1 N–H and O–H groups in total. The molecule has 0 saturated carbocycles. The van der Waals surface area contributed by atoms with Gasteiger partial charge >= 0.3 is 5.97 Å². The number of carboxylic acids is 1. The number of hydrogen-bond donors (Lipinski definition) is 1. The van der Waals surface area contributed by atoms with E-state index in [9.17, 15) is 4.79 Å². The van der Waals surface area contributed by atoms with Gasteiger partial charge in [-0.3, -0.25) is 4.79 Å². The molecule has 0 fully saturated rings. The van der Waals surface area contributed by atoms with Crippen LogP contribution in [-0.4, -0.2) is 26.5 Å². The second-order valence-electron chi connectivity index (χ2n) is 4.25. The molecule has 0 spiro atoms. The van der Waals surface area contributed by atoms with Crippen molar-refractivity contribution in [2.45, 2.75) is 44.6 Å². The number of thioether (sulfide) groups is 1. The molecule has 17 heavy (non-hydrogen) atoms. The van der Waals surface area contributed by atoms with Crippen LogP contribution in [0.25, 0.3) is 0 Å². The Morgan fingerprint density at radius 1 is 1.53 bits per heavy atom. The van der Waals surface area contributed by atoms with E-state index in [0.717, 1.165) is 6.42 Å². The van der Waals surface area contributed by atoms with Crippen molar-refractivity contribution in [2.24, 2.45) is 5.92 Å². The fraction of sp³-hybridized carbons (Fsp3) is 0.727. The van der Waals surface area contributed by atoms with Crippen LogP contribution >= 0.6 is 11.8 Å². The van der Waals surface area contributed by atoms with Crippen molar-refractivity contribution in [3.8, 4) is 0 Å². The SMILES string of the molecule is CCC(SCc1nc(CC(C)C)no1)C(=O)O. The van der Waals surface area contributed by atoms with E-state index in [4.69, 9.17) is 9.63 Å². The van der Waals surface area contributed by atoms with Gasteiger partial charge in [0.05, 0.1) is 5.75 Å². The van der Waals surface area contributed by atoms with Crippen LogP contribution in [0.3, 0.4) is 0 Å². The van der Waals surface area contributed by atoms with E-state index in [2.05, 4.69) is 24.0 Å². The molecule has 0 aliphatic carbocycles. The highest BCUT2D eigenvalue weighted by Crippen LogP contribution is 2.19. The summed E-state index contributed by atoms with van der Waals surface area (Å²) in [5.74, 6) is 1.34. The van der Waals surface area contributed by atoms with Gasteiger partial charge in [0.2, 0.25) is 5.89 Å². The fourth-order valence-corrected chi connectivity index (χ4v) is 2.17. The summed E-state index contributed by atoms with van der Waals surface area (Å²) in [6.07, 6.45) is 1.37. The minimum atomic E-state index is -0.792. The second kappa shape index (κ2) is 6.64. The smallest absolute Gasteiger partial charge is 0.316 e. The molecule has 0 aromatic carbocycles. The van der Waals surface area contributed by atoms with Gasteiger partial charge in [0, 0.05) is 6.42 Å². The van der Waals surface area contributed by atoms with Crippen LogP contribution in [0.4, 0.5) is 0 Å². The largest absolute Gasteiger partial charge is 0.480 e. The molecule has 0 saturated heterocycles. The van der Waals surface area contributed by atoms with Crippen LogP contribution < -0.4 is 0 Å². The molecule has 1 atom stereocenters. The van der Waals surface area contributed by atoms with E-state index < -0.39 is 11.2 Å². The molecule has 1 aromatic heterocycles. The van der Waals surface area contributed by atoms with Crippen molar-refractivity contribution in [3.63, 3.8) is 0 Å². The number of aliphatic carboxylic acids is 1. The lowest BCUT2D eigenvalue weighted by Gasteiger charge is -2.06. The van der Waals surface area contributed by atoms with Crippen molar-refractivity contribution >= 4 is 17.7 Å². The fourth-order valence-electron chi connectivity index (χ4n) is 1.33. The zero-order chi connectivity index (χ0) is 12.8. The predicted molar refractivity (Wildman–Crippen MR) is 65.8 cm³/mol. The van der Waals surface area contributed by atoms with E-state index in [1.807, 2.05) is 6.92 Å². The quantitative estimate of drug-likeness (QED) is 0.809. The molecule has 0 radical (unpaired) electrons. The first-order chi connectivity index (χ1) is 8.02. The summed E-state index contributed by atoms with van der Waals surface area (Å²) in [5, 5.41) is 12.3. The zero-order valence-corrected chi connectivity index (χ0v) is 11.2. The Balaban J connectivity index is 2.46. The molecular weight excluding hydrogens is 240 g/mol. The average molecular weight is 258 g/mol. The van der Waals surface area contributed by atoms with E-state index in [1.54, 1.807) is 0 Å². The Labute approximate surface area is 105 Å². The lowest BCUT2D eigenvalue weighted by Crippen LogP contribution is -2.15. The van der Waals surface area contributed by atoms with Crippen molar-refractivity contribution in [2.75, 3.05) is 0 Å². The van der Waals surface area contributed by atoms with Crippen LogP contribution in [0.1, 0.15) is 38.9 Å². The van der Waals surface area contributed by atoms with Crippen molar-refractivity contribution < 1.29 is 14.4 Å². The monoisotopic (exact) mass is 258 g/mol. The van der Waals surface area contributed by atoms with E-state index in [-0.39, 0.29) is 0 Å². The molecule has 0 aliphatic heterocycles. The molecular formula is C11H18N2O3S. The maximum atomic E-state index is 10.8. The highest BCUT2D eigenvalue weighted by molar-refractivity contribution is 7.99. The Hall–Kier alpha value is -1.04. The maximum absolute atomic E-state index is 10.8. The van der Waals surface area contributed by atoms with Gasteiger partial charge in [-0.1, -0.05) is 25.9 Å². The Morgan fingerprint density at radius 2 is 2.24 bits per heavy atom. The minimum Gasteiger partial charge on any atom is -0.480 e. The standard InChI is InChI=1S/C11H18N2O3S/c1-4-8(11(14)15)17-6-10-12-9(13-16-10)5-7(2)3/h7-8H,4-6H2,1-3H3,(H,14,15). The van der Waals surface area contributed by atoms with E-state index in [0.29, 0.717) is 29.8 Å². The number of rotatable bonds is 7. The lowest BCUT2D eigenvalue weighted by molar-refractivity contribution is -0.136. The Kier molecular flexibility index (Phi) is 5.47. The van der Waals surface area contributed by atoms with Gasteiger partial charge in [-0.15, -0.1) is 11.8 Å². The topological polar surface area (TPSA) is 76.2 Å².